The lowest BCUT2D eigenvalue weighted by Gasteiger charge is -2.58. The van der Waals surface area contributed by atoms with Gasteiger partial charge in [-0.3, -0.25) is 19.2 Å². The number of hydrogen-bond donors (Lipinski definition) is 0. The quantitative estimate of drug-likeness (QED) is 0.378. The van der Waals surface area contributed by atoms with E-state index in [-0.39, 0.29) is 59.7 Å². The van der Waals surface area contributed by atoms with Crippen LogP contribution in [0.25, 0.3) is 0 Å². The van der Waals surface area contributed by atoms with Gasteiger partial charge in [0.05, 0.1) is 27.2 Å². The first-order valence-electron chi connectivity index (χ1n) is 12.8. The third kappa shape index (κ3) is 4.51. The predicted octanol–water partition coefficient (Wildman–Crippen LogP) is 4.36. The molecule has 0 radical (unpaired) electrons. The van der Waals surface area contributed by atoms with E-state index in [1.165, 1.54) is 21.3 Å². The summed E-state index contributed by atoms with van der Waals surface area (Å²) in [4.78, 5) is 50.4. The van der Waals surface area contributed by atoms with Crippen LogP contribution in [0.5, 0.6) is 0 Å². The average molecular weight is 479 g/mol. The minimum absolute atomic E-state index is 0.0460. The first kappa shape index (κ1) is 26.7. The molecule has 8 atom stereocenters. The summed E-state index contributed by atoms with van der Waals surface area (Å²) in [5, 5.41) is 0. The number of methoxy groups -OCH3 is 3. The molecule has 0 spiro atoms. The van der Waals surface area contributed by atoms with E-state index in [0.29, 0.717) is 25.2 Å². The number of Topliss-reactive ketones (excluding diaryl/α,β-unsaturated/α-hetero) is 1. The van der Waals surface area contributed by atoms with Crippen molar-refractivity contribution in [3.05, 3.63) is 0 Å². The van der Waals surface area contributed by atoms with Crippen molar-refractivity contribution >= 4 is 23.7 Å². The van der Waals surface area contributed by atoms with E-state index in [2.05, 4.69) is 20.8 Å². The minimum Gasteiger partial charge on any atom is -0.469 e. The van der Waals surface area contributed by atoms with Gasteiger partial charge in [-0.05, 0) is 73.5 Å². The Hall–Kier alpha value is -1.92. The lowest BCUT2D eigenvalue weighted by molar-refractivity contribution is -0.171. The van der Waals surface area contributed by atoms with Crippen LogP contribution in [0.2, 0.25) is 0 Å². The van der Waals surface area contributed by atoms with E-state index < -0.39 is 10.8 Å². The number of carbonyl (C=O) groups excluding carboxylic acids is 4. The number of ketones is 1. The van der Waals surface area contributed by atoms with Crippen LogP contribution in [0.3, 0.4) is 0 Å². The van der Waals surface area contributed by atoms with Crippen molar-refractivity contribution < 1.29 is 33.4 Å². The monoisotopic (exact) mass is 478 g/mol. The van der Waals surface area contributed by atoms with E-state index >= 15 is 0 Å². The highest BCUT2D eigenvalue weighted by atomic mass is 16.5. The molecule has 3 rings (SSSR count). The molecule has 0 aromatic carbocycles. The minimum atomic E-state index is -0.490. The van der Waals surface area contributed by atoms with Crippen LogP contribution in [0.15, 0.2) is 0 Å². The Labute approximate surface area is 203 Å². The highest BCUT2D eigenvalue weighted by Gasteiger charge is 2.64. The van der Waals surface area contributed by atoms with Gasteiger partial charge in [-0.1, -0.05) is 20.8 Å². The molecule has 3 saturated carbocycles. The van der Waals surface area contributed by atoms with Gasteiger partial charge >= 0.3 is 17.9 Å². The zero-order chi connectivity index (χ0) is 25.3. The molecule has 192 valence electrons. The van der Waals surface area contributed by atoms with E-state index in [0.717, 1.165) is 32.1 Å². The number of ether oxygens (including phenoxy) is 3. The summed E-state index contributed by atoms with van der Waals surface area (Å²) in [7, 11) is 4.20. The molecule has 7 heteroatoms. The summed E-state index contributed by atoms with van der Waals surface area (Å²) in [5.41, 5.74) is -0.895. The van der Waals surface area contributed by atoms with Crippen molar-refractivity contribution in [1.29, 1.82) is 0 Å². The predicted molar refractivity (Wildman–Crippen MR) is 125 cm³/mol. The van der Waals surface area contributed by atoms with Gasteiger partial charge in [0, 0.05) is 24.7 Å². The maximum Gasteiger partial charge on any atom is 0.309 e. The van der Waals surface area contributed by atoms with Crippen molar-refractivity contribution in [2.45, 2.75) is 78.6 Å². The Morgan fingerprint density at radius 1 is 0.912 bits per heavy atom. The molecule has 0 unspecified atom stereocenters. The second-order valence-electron chi connectivity index (χ2n) is 11.3. The van der Waals surface area contributed by atoms with Crippen LogP contribution < -0.4 is 0 Å². The molecule has 3 fully saturated rings. The molecule has 3 aliphatic rings. The Bertz CT molecular complexity index is 807. The maximum absolute atomic E-state index is 13.9. The number of fused-ring (bicyclic) bond motifs is 3. The van der Waals surface area contributed by atoms with Gasteiger partial charge in [-0.25, -0.2) is 0 Å². The van der Waals surface area contributed by atoms with E-state index in [9.17, 15) is 19.2 Å². The summed E-state index contributed by atoms with van der Waals surface area (Å²) < 4.78 is 14.9. The third-order valence-electron chi connectivity index (χ3n) is 10.1. The van der Waals surface area contributed by atoms with E-state index in [1.807, 2.05) is 0 Å². The second kappa shape index (κ2) is 10.4. The molecule has 0 aromatic rings. The first-order valence-corrected chi connectivity index (χ1v) is 12.8. The van der Waals surface area contributed by atoms with Crippen molar-refractivity contribution in [3.8, 4) is 0 Å². The summed E-state index contributed by atoms with van der Waals surface area (Å²) in [6.45, 7) is 6.39. The van der Waals surface area contributed by atoms with E-state index in [4.69, 9.17) is 14.2 Å². The standard InChI is InChI=1S/C27H42O7/c1-16(7-12-23(29)32-4)18-10-11-19-17-8-9-20(25(31)34-6)26(2,14-13-24(30)33-5)21(17)15-22(28)27(18,19)3/h16-21H,7-15H2,1-6H3/t16-,17+,18+,19-,20-,21+,26+,27+/m1/s1. The van der Waals surface area contributed by atoms with Gasteiger partial charge in [0.1, 0.15) is 5.78 Å². The molecule has 0 heterocycles. The summed E-state index contributed by atoms with van der Waals surface area (Å²) >= 11 is 0. The number of rotatable bonds is 8. The number of hydrogen-bond acceptors (Lipinski definition) is 7. The Kier molecular flexibility index (Phi) is 8.14. The topological polar surface area (TPSA) is 96.0 Å². The molecule has 34 heavy (non-hydrogen) atoms. The summed E-state index contributed by atoms with van der Waals surface area (Å²) in [5.74, 6) is 0.365. The van der Waals surface area contributed by atoms with Gasteiger partial charge in [0.2, 0.25) is 0 Å². The van der Waals surface area contributed by atoms with Crippen LogP contribution in [0.1, 0.15) is 78.6 Å². The fourth-order valence-electron chi connectivity index (χ4n) is 8.12. The lowest BCUT2D eigenvalue weighted by atomic mass is 9.45. The molecular formula is C27H42O7. The molecule has 0 amide bonds. The van der Waals surface area contributed by atoms with Gasteiger partial charge < -0.3 is 14.2 Å². The highest BCUT2D eigenvalue weighted by Crippen LogP contribution is 2.66. The highest BCUT2D eigenvalue weighted by molar-refractivity contribution is 5.87. The van der Waals surface area contributed by atoms with Crippen LogP contribution in [-0.2, 0) is 33.4 Å². The fourth-order valence-corrected chi connectivity index (χ4v) is 8.12. The lowest BCUT2D eigenvalue weighted by Crippen LogP contribution is -2.57. The van der Waals surface area contributed by atoms with Crippen LogP contribution >= 0.6 is 0 Å². The normalized spacial score (nSPS) is 37.8. The molecule has 0 saturated heterocycles. The van der Waals surface area contributed by atoms with Gasteiger partial charge in [-0.2, -0.15) is 0 Å². The van der Waals surface area contributed by atoms with Crippen molar-refractivity contribution in [1.82, 2.24) is 0 Å². The van der Waals surface area contributed by atoms with E-state index in [1.54, 1.807) is 0 Å². The zero-order valence-corrected chi connectivity index (χ0v) is 21.7. The Morgan fingerprint density at radius 2 is 1.56 bits per heavy atom. The smallest absolute Gasteiger partial charge is 0.309 e. The molecule has 0 N–H and O–H groups in total. The summed E-state index contributed by atoms with van der Waals surface area (Å²) in [6.07, 6.45) is 5.87. The Morgan fingerprint density at radius 3 is 2.18 bits per heavy atom. The number of esters is 3. The second-order valence-corrected chi connectivity index (χ2v) is 11.3. The van der Waals surface area contributed by atoms with Gasteiger partial charge in [0.25, 0.3) is 0 Å². The molecule has 3 aliphatic carbocycles. The largest absolute Gasteiger partial charge is 0.469 e. The van der Waals surface area contributed by atoms with Crippen molar-refractivity contribution in [3.63, 3.8) is 0 Å². The number of carbonyl (C=O) groups is 4. The maximum atomic E-state index is 13.9. The van der Waals surface area contributed by atoms with Crippen LogP contribution in [0, 0.1) is 46.3 Å². The van der Waals surface area contributed by atoms with Crippen molar-refractivity contribution in [2.24, 2.45) is 46.3 Å². The average Bonchev–Trinajstić information content (AvgIpc) is 3.20. The fraction of sp³-hybridized carbons (Fsp3) is 0.852. The van der Waals surface area contributed by atoms with Gasteiger partial charge in [-0.15, -0.1) is 0 Å². The molecular weight excluding hydrogens is 436 g/mol. The third-order valence-corrected chi connectivity index (χ3v) is 10.1. The van der Waals surface area contributed by atoms with Crippen molar-refractivity contribution in [2.75, 3.05) is 21.3 Å². The Balaban J connectivity index is 1.87. The SMILES string of the molecule is COC(=O)CC[C@@H](C)[C@@H]1CC[C@@H]2[C@@H]3CC[C@H](C(=O)OC)[C@](C)(CCC(=O)OC)[C@H]3CC(=O)[C@]21C. The summed E-state index contributed by atoms with van der Waals surface area (Å²) in [6, 6.07) is 0. The first-order chi connectivity index (χ1) is 16.0. The van der Waals surface area contributed by atoms with Gasteiger partial charge in [0.15, 0.2) is 0 Å². The molecule has 0 aliphatic heterocycles. The van der Waals surface area contributed by atoms with Crippen LogP contribution in [0.4, 0.5) is 0 Å². The zero-order valence-electron chi connectivity index (χ0n) is 21.7. The molecule has 0 bridgehead atoms. The molecule has 7 nitrogen and oxygen atoms in total. The van der Waals surface area contributed by atoms with Crippen LogP contribution in [-0.4, -0.2) is 45.0 Å². The molecule has 0 aromatic heterocycles.